The quantitative estimate of drug-likeness (QED) is 0.128. The summed E-state index contributed by atoms with van der Waals surface area (Å²) >= 11 is 16.5. The predicted molar refractivity (Wildman–Crippen MR) is 196 cm³/mol. The molecule has 0 saturated heterocycles. The summed E-state index contributed by atoms with van der Waals surface area (Å²) in [5.41, 5.74) is 14.3. The second-order valence-electron chi connectivity index (χ2n) is 12.5. The minimum absolute atomic E-state index is 0. The van der Waals surface area contributed by atoms with Gasteiger partial charge in [-0.3, -0.25) is 0 Å². The molecule has 0 amide bonds. The fourth-order valence-corrected chi connectivity index (χ4v) is 11.8. The summed E-state index contributed by atoms with van der Waals surface area (Å²) < 4.78 is -1.69. The second kappa shape index (κ2) is 11.5. The molecule has 0 heterocycles. The molecule has 0 aliphatic heterocycles. The normalized spacial score (nSPS) is 20.3. The van der Waals surface area contributed by atoms with E-state index in [1.165, 1.54) is 66.1 Å². The SMILES string of the molecule is CC1=C(c2ccc(C)c3ccccc23)C(Cl)([Si]C2(Cl)C(c3ccc(C)c4ccccc34)=C(C)c3ccccc32)c2ccccc21.[Ti]. The van der Waals surface area contributed by atoms with Crippen LogP contribution in [0.4, 0.5) is 0 Å². The monoisotopic (exact) mass is 682 g/mol. The Kier molecular flexibility index (Phi) is 7.87. The first-order chi connectivity index (χ1) is 21.7. The van der Waals surface area contributed by atoms with Crippen LogP contribution in [0.25, 0.3) is 43.8 Å². The largest absolute Gasteiger partial charge is 0.119 e. The Balaban J connectivity index is 0.00000338. The molecule has 222 valence electrons. The first kappa shape index (κ1) is 31.4. The van der Waals surface area contributed by atoms with Gasteiger partial charge in [-0.05, 0) is 116 Å². The number of alkyl halides is 2. The fourth-order valence-electron chi connectivity index (χ4n) is 7.88. The van der Waals surface area contributed by atoms with E-state index in [9.17, 15) is 0 Å². The van der Waals surface area contributed by atoms with E-state index < -0.39 is 8.99 Å². The van der Waals surface area contributed by atoms with Gasteiger partial charge in [0.25, 0.3) is 0 Å². The van der Waals surface area contributed by atoms with Gasteiger partial charge in [-0.1, -0.05) is 121 Å². The van der Waals surface area contributed by atoms with E-state index in [1.54, 1.807) is 0 Å². The summed E-state index contributed by atoms with van der Waals surface area (Å²) in [6.07, 6.45) is 0. The first-order valence-corrected chi connectivity index (χ1v) is 17.3. The van der Waals surface area contributed by atoms with E-state index in [0.29, 0.717) is 0 Å². The van der Waals surface area contributed by atoms with Crippen LogP contribution >= 0.6 is 23.2 Å². The molecule has 0 spiro atoms. The maximum atomic E-state index is 8.26. The molecular weight excluding hydrogens is 651 g/mol. The number of halogens is 2. The number of benzene rings is 6. The second-order valence-corrected chi connectivity index (χ2v) is 16.0. The van der Waals surface area contributed by atoms with Gasteiger partial charge in [0, 0.05) is 21.7 Å². The van der Waals surface area contributed by atoms with E-state index >= 15 is 0 Å². The smallest absolute Gasteiger partial charge is 0.113 e. The van der Waals surface area contributed by atoms with Crippen LogP contribution in [0, 0.1) is 13.8 Å². The first-order valence-electron chi connectivity index (χ1n) is 15.5. The third-order valence-electron chi connectivity index (χ3n) is 10.0. The van der Waals surface area contributed by atoms with Crippen LogP contribution in [0.2, 0.25) is 0 Å². The third kappa shape index (κ3) is 4.44. The summed E-state index contributed by atoms with van der Waals surface area (Å²) in [5.74, 6) is 0. The molecule has 6 aromatic rings. The van der Waals surface area contributed by atoms with Gasteiger partial charge < -0.3 is 0 Å². The molecule has 0 N–H and O–H groups in total. The van der Waals surface area contributed by atoms with E-state index in [0.717, 1.165) is 22.3 Å². The Morgan fingerprint density at radius 1 is 0.413 bits per heavy atom. The Labute approximate surface area is 298 Å². The van der Waals surface area contributed by atoms with Gasteiger partial charge in [0.1, 0.15) is 9.52 Å². The summed E-state index contributed by atoms with van der Waals surface area (Å²) in [7, 11) is 0.115. The van der Waals surface area contributed by atoms with Gasteiger partial charge in [-0.2, -0.15) is 0 Å². The van der Waals surface area contributed by atoms with Crippen LogP contribution in [-0.2, 0) is 30.7 Å². The molecule has 4 heteroatoms. The van der Waals surface area contributed by atoms with Crippen molar-refractivity contribution < 1.29 is 21.7 Å². The van der Waals surface area contributed by atoms with Crippen molar-refractivity contribution in [2.24, 2.45) is 0 Å². The molecule has 46 heavy (non-hydrogen) atoms. The third-order valence-corrected chi connectivity index (χ3v) is 13.1. The Hall–Kier alpha value is -3.17. The number of aryl methyl sites for hydroxylation is 2. The predicted octanol–water partition coefficient (Wildman–Crippen LogP) is 11.7. The van der Waals surface area contributed by atoms with Crippen molar-refractivity contribution >= 4 is 76.6 Å². The Bertz CT molecular complexity index is 2120. The maximum Gasteiger partial charge on any atom is 0.119 e. The summed E-state index contributed by atoms with van der Waals surface area (Å²) in [6.45, 7) is 8.83. The van der Waals surface area contributed by atoms with E-state index in [2.05, 4.69) is 149 Å². The summed E-state index contributed by atoms with van der Waals surface area (Å²) in [4.78, 5) is 0. The molecule has 0 aromatic heterocycles. The molecule has 6 aromatic carbocycles. The summed E-state index contributed by atoms with van der Waals surface area (Å²) in [6, 6.07) is 43.7. The average Bonchev–Trinajstić information content (AvgIpc) is 3.41. The molecule has 2 radical (unpaired) electrons. The van der Waals surface area contributed by atoms with Gasteiger partial charge in [-0.25, -0.2) is 0 Å². The van der Waals surface area contributed by atoms with Crippen molar-refractivity contribution in [1.29, 1.82) is 0 Å². The number of hydrogen-bond acceptors (Lipinski definition) is 0. The van der Waals surface area contributed by atoms with E-state index in [1.807, 2.05) is 0 Å². The van der Waals surface area contributed by atoms with Gasteiger partial charge in [-0.15, -0.1) is 23.2 Å². The van der Waals surface area contributed by atoms with Gasteiger partial charge >= 0.3 is 0 Å². The van der Waals surface area contributed by atoms with Gasteiger partial charge in [0.2, 0.25) is 0 Å². The topological polar surface area (TPSA) is 0 Å². The van der Waals surface area contributed by atoms with Crippen molar-refractivity contribution in [2.45, 2.75) is 36.7 Å². The minimum Gasteiger partial charge on any atom is -0.113 e. The van der Waals surface area contributed by atoms with Crippen molar-refractivity contribution in [3.05, 3.63) is 166 Å². The van der Waals surface area contributed by atoms with Crippen LogP contribution in [0.1, 0.15) is 58.4 Å². The molecule has 2 unspecified atom stereocenters. The minimum atomic E-state index is -0.843. The van der Waals surface area contributed by atoms with Crippen LogP contribution in [-0.4, -0.2) is 9.52 Å². The van der Waals surface area contributed by atoms with Crippen molar-refractivity contribution in [3.63, 3.8) is 0 Å². The average molecular weight is 684 g/mol. The number of allylic oxidation sites excluding steroid dienone is 4. The standard InChI is InChI=1S/C42H32Cl2Si.Ti/c1-25-21-23-35(33-17-7-5-13-29(25)33)39-27(3)31-15-9-11-19-37(31)41(39,43)45-42(44)38-20-12-10-16-32(38)28(4)40(42)36-24-22-26(2)30-14-6-8-18-34(30)36;/h5-24H,1-4H3;. The zero-order chi connectivity index (χ0) is 31.1. The van der Waals surface area contributed by atoms with Gasteiger partial charge in [0.05, 0.1) is 8.99 Å². The zero-order valence-electron chi connectivity index (χ0n) is 26.3. The molecule has 8 rings (SSSR count). The van der Waals surface area contributed by atoms with Crippen LogP contribution < -0.4 is 0 Å². The maximum absolute atomic E-state index is 8.26. The van der Waals surface area contributed by atoms with Crippen LogP contribution in [0.3, 0.4) is 0 Å². The molecule has 0 saturated carbocycles. The number of hydrogen-bond donors (Lipinski definition) is 0. The van der Waals surface area contributed by atoms with Crippen LogP contribution in [0.15, 0.2) is 121 Å². The van der Waals surface area contributed by atoms with Crippen molar-refractivity contribution in [3.8, 4) is 0 Å². The Morgan fingerprint density at radius 2 is 0.761 bits per heavy atom. The van der Waals surface area contributed by atoms with Crippen molar-refractivity contribution in [2.75, 3.05) is 0 Å². The molecule has 0 bridgehead atoms. The Morgan fingerprint density at radius 3 is 1.17 bits per heavy atom. The fraction of sp³-hybridized carbons (Fsp3) is 0.143. The molecule has 2 aliphatic carbocycles. The molecule has 2 aliphatic rings. The molecule has 2 atom stereocenters. The zero-order valence-corrected chi connectivity index (χ0v) is 30.4. The molecule has 0 nitrogen and oxygen atoms in total. The number of fused-ring (bicyclic) bond motifs is 4. The molecular formula is C42H32Cl2SiTi. The summed E-state index contributed by atoms with van der Waals surface area (Å²) in [5, 5.41) is 4.95. The van der Waals surface area contributed by atoms with Gasteiger partial charge in [0.15, 0.2) is 0 Å². The van der Waals surface area contributed by atoms with Crippen LogP contribution in [0.5, 0.6) is 0 Å². The van der Waals surface area contributed by atoms with E-state index in [4.69, 9.17) is 23.2 Å². The van der Waals surface area contributed by atoms with E-state index in [-0.39, 0.29) is 31.2 Å². The van der Waals surface area contributed by atoms with Crippen molar-refractivity contribution in [1.82, 2.24) is 0 Å². The number of rotatable bonds is 4. The molecule has 0 fully saturated rings.